The molecule has 0 bridgehead atoms. The Hall–Kier alpha value is -1.71. The van der Waals surface area contributed by atoms with Crippen LogP contribution in [0.1, 0.15) is 41.3 Å². The van der Waals surface area contributed by atoms with E-state index < -0.39 is 5.97 Å². The summed E-state index contributed by atoms with van der Waals surface area (Å²) in [5.74, 6) is -1.73. The third-order valence-corrected chi connectivity index (χ3v) is 2.31. The molecule has 0 aliphatic rings. The number of aryl methyl sites for hydroxylation is 1. The van der Waals surface area contributed by atoms with Crippen molar-refractivity contribution in [3.05, 3.63) is 22.8 Å². The summed E-state index contributed by atoms with van der Waals surface area (Å²) in [6, 6.07) is 1.36. The Bertz CT molecular complexity index is 408. The fourth-order valence-electron chi connectivity index (χ4n) is 1.64. The van der Waals surface area contributed by atoms with Crippen molar-refractivity contribution in [3.8, 4) is 11.5 Å². The summed E-state index contributed by atoms with van der Waals surface area (Å²) >= 11 is 0. The number of carboxylic acid groups (broad SMARTS) is 1. The number of aromatic carboxylic acids is 1. The number of phenols is 2. The zero-order chi connectivity index (χ0) is 11.7. The van der Waals surface area contributed by atoms with E-state index in [0.29, 0.717) is 5.56 Å². The molecule has 15 heavy (non-hydrogen) atoms. The lowest BCUT2D eigenvalue weighted by molar-refractivity contribution is 0.0692. The van der Waals surface area contributed by atoms with Gasteiger partial charge in [-0.1, -0.05) is 13.8 Å². The highest BCUT2D eigenvalue weighted by molar-refractivity contribution is 5.93. The molecule has 1 aromatic carbocycles. The molecule has 0 radical (unpaired) electrons. The van der Waals surface area contributed by atoms with Crippen molar-refractivity contribution in [1.82, 2.24) is 0 Å². The molecule has 0 fully saturated rings. The topological polar surface area (TPSA) is 77.8 Å². The lowest BCUT2D eigenvalue weighted by atomic mass is 9.95. The smallest absolute Gasteiger partial charge is 0.339 e. The minimum absolute atomic E-state index is 0.0648. The number of rotatable bonds is 2. The average molecular weight is 210 g/mol. The fourth-order valence-corrected chi connectivity index (χ4v) is 1.64. The van der Waals surface area contributed by atoms with Crippen LogP contribution in [0, 0.1) is 6.92 Å². The summed E-state index contributed by atoms with van der Waals surface area (Å²) in [5.41, 5.74) is 0.483. The van der Waals surface area contributed by atoms with Crippen LogP contribution in [0.25, 0.3) is 0 Å². The van der Waals surface area contributed by atoms with Gasteiger partial charge in [0.25, 0.3) is 0 Å². The summed E-state index contributed by atoms with van der Waals surface area (Å²) < 4.78 is 0. The fraction of sp³-hybridized carbons (Fsp3) is 0.364. The minimum atomic E-state index is -1.19. The molecule has 0 aromatic heterocycles. The highest BCUT2D eigenvalue weighted by Crippen LogP contribution is 2.38. The molecular weight excluding hydrogens is 196 g/mol. The van der Waals surface area contributed by atoms with Crippen molar-refractivity contribution in [2.24, 2.45) is 0 Å². The standard InChI is InChI=1S/C11H14O4/c1-5(2)8-7(12)4-6(3)9(10(8)13)11(14)15/h4-5,12-13H,1-3H3,(H,14,15). The maximum atomic E-state index is 10.9. The van der Waals surface area contributed by atoms with Crippen LogP contribution in [0.5, 0.6) is 11.5 Å². The van der Waals surface area contributed by atoms with Gasteiger partial charge >= 0.3 is 5.97 Å². The first kappa shape index (κ1) is 11.4. The van der Waals surface area contributed by atoms with Gasteiger partial charge in [0.05, 0.1) is 0 Å². The van der Waals surface area contributed by atoms with E-state index in [2.05, 4.69) is 0 Å². The van der Waals surface area contributed by atoms with Crippen molar-refractivity contribution in [3.63, 3.8) is 0 Å². The second-order valence-electron chi connectivity index (χ2n) is 3.81. The molecule has 0 atom stereocenters. The summed E-state index contributed by atoms with van der Waals surface area (Å²) in [7, 11) is 0. The SMILES string of the molecule is Cc1cc(O)c(C(C)C)c(O)c1C(=O)O. The zero-order valence-corrected chi connectivity index (χ0v) is 8.90. The number of carboxylic acids is 1. The van der Waals surface area contributed by atoms with Gasteiger partial charge in [0.2, 0.25) is 0 Å². The van der Waals surface area contributed by atoms with E-state index in [4.69, 9.17) is 5.11 Å². The van der Waals surface area contributed by atoms with Crippen molar-refractivity contribution in [1.29, 1.82) is 0 Å². The molecular formula is C11H14O4. The van der Waals surface area contributed by atoms with E-state index >= 15 is 0 Å². The molecule has 3 N–H and O–H groups in total. The largest absolute Gasteiger partial charge is 0.508 e. The first-order valence-corrected chi connectivity index (χ1v) is 4.65. The van der Waals surface area contributed by atoms with Crippen molar-refractivity contribution in [2.45, 2.75) is 26.7 Å². The molecule has 0 spiro atoms. The van der Waals surface area contributed by atoms with Crippen LogP contribution in [-0.2, 0) is 0 Å². The van der Waals surface area contributed by atoms with Gasteiger partial charge in [-0.25, -0.2) is 4.79 Å². The van der Waals surface area contributed by atoms with Gasteiger partial charge in [-0.3, -0.25) is 0 Å². The van der Waals surface area contributed by atoms with Gasteiger partial charge in [0.1, 0.15) is 17.1 Å². The van der Waals surface area contributed by atoms with Crippen LogP contribution in [0.3, 0.4) is 0 Å². The number of carbonyl (C=O) groups is 1. The van der Waals surface area contributed by atoms with Gasteiger partial charge in [-0.15, -0.1) is 0 Å². The minimum Gasteiger partial charge on any atom is -0.508 e. The molecule has 0 amide bonds. The van der Waals surface area contributed by atoms with E-state index in [0.717, 1.165) is 0 Å². The predicted octanol–water partition coefficient (Wildman–Crippen LogP) is 2.23. The summed E-state index contributed by atoms with van der Waals surface area (Å²) in [4.78, 5) is 10.9. The Morgan fingerprint density at radius 3 is 2.27 bits per heavy atom. The highest BCUT2D eigenvalue weighted by atomic mass is 16.4. The second-order valence-corrected chi connectivity index (χ2v) is 3.81. The molecule has 1 rings (SSSR count). The van der Waals surface area contributed by atoms with E-state index in [9.17, 15) is 15.0 Å². The maximum Gasteiger partial charge on any atom is 0.339 e. The Morgan fingerprint density at radius 1 is 1.33 bits per heavy atom. The molecule has 82 valence electrons. The monoisotopic (exact) mass is 210 g/mol. The molecule has 0 saturated carbocycles. The first-order chi connectivity index (χ1) is 6.86. The van der Waals surface area contributed by atoms with Gasteiger partial charge in [-0.2, -0.15) is 0 Å². The van der Waals surface area contributed by atoms with Gasteiger partial charge < -0.3 is 15.3 Å². The maximum absolute atomic E-state index is 10.9. The van der Waals surface area contributed by atoms with Gasteiger partial charge in [0.15, 0.2) is 0 Å². The number of phenolic OH excluding ortho intramolecular Hbond substituents is 1. The normalized spacial score (nSPS) is 10.7. The molecule has 0 heterocycles. The van der Waals surface area contributed by atoms with Gasteiger partial charge in [-0.05, 0) is 24.5 Å². The van der Waals surface area contributed by atoms with Gasteiger partial charge in [0, 0.05) is 5.56 Å². The van der Waals surface area contributed by atoms with Crippen molar-refractivity contribution in [2.75, 3.05) is 0 Å². The number of benzene rings is 1. The van der Waals surface area contributed by atoms with Crippen molar-refractivity contribution >= 4 is 5.97 Å². The van der Waals surface area contributed by atoms with E-state index in [1.807, 2.05) is 0 Å². The molecule has 0 aliphatic heterocycles. The van der Waals surface area contributed by atoms with Crippen LogP contribution in [0.4, 0.5) is 0 Å². The predicted molar refractivity (Wildman–Crippen MR) is 55.6 cm³/mol. The molecule has 0 aliphatic carbocycles. The van der Waals surface area contributed by atoms with Crippen LogP contribution >= 0.6 is 0 Å². The Morgan fingerprint density at radius 2 is 1.87 bits per heavy atom. The average Bonchev–Trinajstić information content (AvgIpc) is 1.99. The Labute approximate surface area is 87.8 Å². The number of hydrogen-bond acceptors (Lipinski definition) is 3. The van der Waals surface area contributed by atoms with Crippen molar-refractivity contribution < 1.29 is 20.1 Å². The van der Waals surface area contributed by atoms with E-state index in [-0.39, 0.29) is 28.5 Å². The molecule has 0 unspecified atom stereocenters. The summed E-state index contributed by atoms with van der Waals surface area (Å²) in [6.07, 6.45) is 0. The quantitative estimate of drug-likeness (QED) is 0.699. The van der Waals surface area contributed by atoms with Crippen LogP contribution in [-0.4, -0.2) is 21.3 Å². The Balaban J connectivity index is 3.56. The zero-order valence-electron chi connectivity index (χ0n) is 8.90. The van der Waals surface area contributed by atoms with Crippen LogP contribution in [0.15, 0.2) is 6.07 Å². The third-order valence-electron chi connectivity index (χ3n) is 2.31. The molecule has 4 heteroatoms. The summed E-state index contributed by atoms with van der Waals surface area (Å²) in [6.45, 7) is 5.08. The lowest BCUT2D eigenvalue weighted by Crippen LogP contribution is -2.03. The second kappa shape index (κ2) is 3.81. The Kier molecular flexibility index (Phi) is 2.88. The highest BCUT2D eigenvalue weighted by Gasteiger charge is 2.21. The van der Waals surface area contributed by atoms with E-state index in [1.165, 1.54) is 13.0 Å². The number of aromatic hydroxyl groups is 2. The summed E-state index contributed by atoms with van der Waals surface area (Å²) in [5, 5.41) is 28.2. The van der Waals surface area contributed by atoms with Crippen LogP contribution in [0.2, 0.25) is 0 Å². The third kappa shape index (κ3) is 1.88. The van der Waals surface area contributed by atoms with Crippen LogP contribution < -0.4 is 0 Å². The molecule has 1 aromatic rings. The lowest BCUT2D eigenvalue weighted by Gasteiger charge is -2.14. The molecule has 0 saturated heterocycles. The molecule has 4 nitrogen and oxygen atoms in total. The van der Waals surface area contributed by atoms with E-state index in [1.54, 1.807) is 13.8 Å². The first-order valence-electron chi connectivity index (χ1n) is 4.65. The number of hydrogen-bond donors (Lipinski definition) is 3.